The molecule has 0 atom stereocenters. The van der Waals surface area contributed by atoms with Gasteiger partial charge >= 0.3 is 0 Å². The lowest BCUT2D eigenvalue weighted by Gasteiger charge is -2.21. The Labute approximate surface area is 202 Å². The molecule has 172 valence electrons. The van der Waals surface area contributed by atoms with Crippen LogP contribution in [0, 0.1) is 0 Å². The third-order valence-electron chi connectivity index (χ3n) is 5.38. The van der Waals surface area contributed by atoms with Crippen LogP contribution in [0.2, 0.25) is 10.0 Å². The van der Waals surface area contributed by atoms with Crippen LogP contribution in [0.1, 0.15) is 40.9 Å². The summed E-state index contributed by atoms with van der Waals surface area (Å²) in [6.07, 6.45) is 4.00. The molecule has 8 heteroatoms. The topological polar surface area (TPSA) is 74.6 Å². The molecule has 2 amide bonds. The second-order valence-corrected chi connectivity index (χ2v) is 8.94. The maximum absolute atomic E-state index is 12.6. The maximum Gasteiger partial charge on any atom is 0.251 e. The Bertz CT molecular complexity index is 1080. The molecule has 1 fully saturated rings. The van der Waals surface area contributed by atoms with Crippen molar-refractivity contribution in [1.82, 2.24) is 10.2 Å². The zero-order chi connectivity index (χ0) is 23.2. The molecule has 0 bridgehead atoms. The summed E-state index contributed by atoms with van der Waals surface area (Å²) in [4.78, 5) is 26.9. The van der Waals surface area contributed by atoms with Gasteiger partial charge in [-0.1, -0.05) is 41.4 Å². The summed E-state index contributed by atoms with van der Waals surface area (Å²) in [6, 6.07) is 16.7. The predicted molar refractivity (Wildman–Crippen MR) is 129 cm³/mol. The Kier molecular flexibility index (Phi) is 7.70. The molecule has 0 saturated heterocycles. The van der Waals surface area contributed by atoms with E-state index in [0.29, 0.717) is 47.0 Å². The summed E-state index contributed by atoms with van der Waals surface area (Å²) in [6.45, 7) is 1.65. The highest BCUT2D eigenvalue weighted by atomic mass is 35.5. The standard InChI is InChI=1S/C25H25Cl2N3O3/c26-21-4-1-5-22(27)24(21)29-23(31)12-13-30(16-20-3-2-14-33-20)15-17-6-8-18(9-7-17)25(32)28-19-10-11-19/h1-9,14,19H,10-13,15-16H2,(H,28,32)(H,29,31). The van der Waals surface area contributed by atoms with Gasteiger partial charge in [0.25, 0.3) is 5.91 Å². The van der Waals surface area contributed by atoms with E-state index in [1.807, 2.05) is 36.4 Å². The van der Waals surface area contributed by atoms with Crippen molar-refractivity contribution in [2.75, 3.05) is 11.9 Å². The van der Waals surface area contributed by atoms with E-state index in [0.717, 1.165) is 24.2 Å². The number of carbonyl (C=O) groups is 2. The van der Waals surface area contributed by atoms with Gasteiger partial charge in [0.15, 0.2) is 0 Å². The first kappa shape index (κ1) is 23.4. The van der Waals surface area contributed by atoms with Gasteiger partial charge in [0.05, 0.1) is 28.5 Å². The van der Waals surface area contributed by atoms with Crippen LogP contribution in [0.15, 0.2) is 65.3 Å². The predicted octanol–water partition coefficient (Wildman–Crippen LogP) is 5.51. The number of rotatable bonds is 10. The van der Waals surface area contributed by atoms with Crippen molar-refractivity contribution in [3.05, 3.63) is 87.8 Å². The minimum Gasteiger partial charge on any atom is -0.468 e. The Hall–Kier alpha value is -2.80. The third kappa shape index (κ3) is 6.84. The normalized spacial score (nSPS) is 13.2. The number of amides is 2. The van der Waals surface area contributed by atoms with Crippen molar-refractivity contribution in [3.63, 3.8) is 0 Å². The number of nitrogens with one attached hydrogen (secondary N) is 2. The quantitative estimate of drug-likeness (QED) is 0.396. The number of furan rings is 1. The molecule has 1 saturated carbocycles. The molecule has 1 aliphatic rings. The second-order valence-electron chi connectivity index (χ2n) is 8.13. The summed E-state index contributed by atoms with van der Waals surface area (Å²) >= 11 is 12.3. The van der Waals surface area contributed by atoms with E-state index < -0.39 is 0 Å². The van der Waals surface area contributed by atoms with Crippen LogP contribution in [0.5, 0.6) is 0 Å². The van der Waals surface area contributed by atoms with Crippen LogP contribution in [-0.4, -0.2) is 29.3 Å². The van der Waals surface area contributed by atoms with Crippen molar-refractivity contribution in [2.24, 2.45) is 0 Å². The molecular weight excluding hydrogens is 461 g/mol. The molecule has 1 aromatic heterocycles. The van der Waals surface area contributed by atoms with Crippen LogP contribution >= 0.6 is 23.2 Å². The van der Waals surface area contributed by atoms with Gasteiger partial charge in [0, 0.05) is 31.1 Å². The average molecular weight is 486 g/mol. The van der Waals surface area contributed by atoms with Crippen LogP contribution in [0.4, 0.5) is 5.69 Å². The molecule has 1 aliphatic carbocycles. The summed E-state index contributed by atoms with van der Waals surface area (Å²) in [5, 5.41) is 6.59. The average Bonchev–Trinajstić information content (AvgIpc) is 3.46. The Balaban J connectivity index is 1.37. The Morgan fingerprint density at radius 2 is 1.70 bits per heavy atom. The van der Waals surface area contributed by atoms with Gasteiger partial charge in [0.2, 0.25) is 5.91 Å². The Morgan fingerprint density at radius 1 is 0.970 bits per heavy atom. The fourth-order valence-electron chi connectivity index (χ4n) is 3.43. The van der Waals surface area contributed by atoms with E-state index in [2.05, 4.69) is 15.5 Å². The number of carbonyl (C=O) groups excluding carboxylic acids is 2. The van der Waals surface area contributed by atoms with E-state index in [1.165, 1.54) is 0 Å². The van der Waals surface area contributed by atoms with E-state index >= 15 is 0 Å². The summed E-state index contributed by atoms with van der Waals surface area (Å²) < 4.78 is 5.50. The smallest absolute Gasteiger partial charge is 0.251 e. The van der Waals surface area contributed by atoms with E-state index in [9.17, 15) is 9.59 Å². The van der Waals surface area contributed by atoms with Gasteiger partial charge in [-0.2, -0.15) is 0 Å². The first-order valence-corrected chi connectivity index (χ1v) is 11.6. The van der Waals surface area contributed by atoms with Crippen molar-refractivity contribution in [3.8, 4) is 0 Å². The lowest BCUT2D eigenvalue weighted by atomic mass is 10.1. The molecular formula is C25H25Cl2N3O3. The number of hydrogen-bond acceptors (Lipinski definition) is 4. The number of anilines is 1. The van der Waals surface area contributed by atoms with E-state index in [4.69, 9.17) is 27.6 Å². The van der Waals surface area contributed by atoms with Crippen LogP contribution < -0.4 is 10.6 Å². The van der Waals surface area contributed by atoms with Crippen molar-refractivity contribution in [2.45, 2.75) is 38.4 Å². The first-order chi connectivity index (χ1) is 16.0. The van der Waals surface area contributed by atoms with Gasteiger partial charge in [0.1, 0.15) is 5.76 Å². The monoisotopic (exact) mass is 485 g/mol. The fourth-order valence-corrected chi connectivity index (χ4v) is 3.92. The highest BCUT2D eigenvalue weighted by molar-refractivity contribution is 6.39. The van der Waals surface area contributed by atoms with E-state index in [-0.39, 0.29) is 18.2 Å². The molecule has 0 unspecified atom stereocenters. The molecule has 3 aromatic rings. The molecule has 33 heavy (non-hydrogen) atoms. The number of hydrogen-bond donors (Lipinski definition) is 2. The fraction of sp³-hybridized carbons (Fsp3) is 0.280. The lowest BCUT2D eigenvalue weighted by molar-refractivity contribution is -0.116. The van der Waals surface area contributed by atoms with Crippen molar-refractivity contribution in [1.29, 1.82) is 0 Å². The maximum atomic E-state index is 12.6. The highest BCUT2D eigenvalue weighted by Gasteiger charge is 2.23. The zero-order valence-corrected chi connectivity index (χ0v) is 19.5. The summed E-state index contributed by atoms with van der Waals surface area (Å²) in [5.41, 5.74) is 2.11. The largest absolute Gasteiger partial charge is 0.468 e. The number of halogens is 2. The van der Waals surface area contributed by atoms with Gasteiger partial charge in [-0.25, -0.2) is 0 Å². The van der Waals surface area contributed by atoms with Gasteiger partial charge in [-0.15, -0.1) is 0 Å². The molecule has 0 spiro atoms. The molecule has 4 rings (SSSR count). The van der Waals surface area contributed by atoms with Crippen LogP contribution in [-0.2, 0) is 17.9 Å². The number of para-hydroxylation sites is 1. The molecule has 1 heterocycles. The minimum atomic E-state index is -0.179. The lowest BCUT2D eigenvalue weighted by Crippen LogP contribution is -2.27. The summed E-state index contributed by atoms with van der Waals surface area (Å²) in [7, 11) is 0. The third-order valence-corrected chi connectivity index (χ3v) is 6.01. The van der Waals surface area contributed by atoms with Gasteiger partial charge in [-0.05, 0) is 54.8 Å². The van der Waals surface area contributed by atoms with Crippen molar-refractivity contribution < 1.29 is 14.0 Å². The highest BCUT2D eigenvalue weighted by Crippen LogP contribution is 2.29. The number of nitrogens with zero attached hydrogens (tertiary/aromatic N) is 1. The molecule has 6 nitrogen and oxygen atoms in total. The second kappa shape index (κ2) is 10.9. The summed E-state index contributed by atoms with van der Waals surface area (Å²) in [5.74, 6) is 0.595. The van der Waals surface area contributed by atoms with E-state index in [1.54, 1.807) is 24.5 Å². The molecule has 2 N–H and O–H groups in total. The van der Waals surface area contributed by atoms with Crippen LogP contribution in [0.3, 0.4) is 0 Å². The van der Waals surface area contributed by atoms with Crippen LogP contribution in [0.25, 0.3) is 0 Å². The van der Waals surface area contributed by atoms with Crippen molar-refractivity contribution >= 4 is 40.7 Å². The SMILES string of the molecule is O=C(CCN(Cc1ccc(C(=O)NC2CC2)cc1)Cc1ccco1)Nc1c(Cl)cccc1Cl. The molecule has 0 aliphatic heterocycles. The minimum absolute atomic E-state index is 0.0357. The molecule has 2 aromatic carbocycles. The Morgan fingerprint density at radius 3 is 2.33 bits per heavy atom. The van der Waals surface area contributed by atoms with Gasteiger partial charge < -0.3 is 15.1 Å². The first-order valence-electron chi connectivity index (χ1n) is 10.9. The molecule has 0 radical (unpaired) electrons. The number of benzene rings is 2. The zero-order valence-electron chi connectivity index (χ0n) is 18.0. The van der Waals surface area contributed by atoms with Gasteiger partial charge in [-0.3, -0.25) is 14.5 Å².